The second kappa shape index (κ2) is 8.06. The molecule has 134 valence electrons. The molecule has 0 aliphatic carbocycles. The van der Waals surface area contributed by atoms with Gasteiger partial charge in [-0.3, -0.25) is 4.79 Å². The molecular formula is C21H27NO3. The van der Waals surface area contributed by atoms with Gasteiger partial charge in [-0.1, -0.05) is 57.2 Å². The summed E-state index contributed by atoms with van der Waals surface area (Å²) in [6.45, 7) is 8.46. The maximum atomic E-state index is 12.1. The Morgan fingerprint density at radius 3 is 2.20 bits per heavy atom. The van der Waals surface area contributed by atoms with Crippen molar-refractivity contribution in [3.63, 3.8) is 0 Å². The van der Waals surface area contributed by atoms with Crippen LogP contribution in [0.1, 0.15) is 44.9 Å². The van der Waals surface area contributed by atoms with E-state index < -0.39 is 0 Å². The lowest BCUT2D eigenvalue weighted by atomic mass is 9.86. The first kappa shape index (κ1) is 18.8. The average molecular weight is 341 g/mol. The second-order valence-electron chi connectivity index (χ2n) is 7.10. The van der Waals surface area contributed by atoms with E-state index >= 15 is 0 Å². The number of ether oxygens (including phenoxy) is 2. The van der Waals surface area contributed by atoms with Crippen molar-refractivity contribution in [3.05, 3.63) is 59.7 Å². The van der Waals surface area contributed by atoms with Crippen LogP contribution in [0.3, 0.4) is 0 Å². The summed E-state index contributed by atoms with van der Waals surface area (Å²) in [5, 5.41) is 2.96. The number of benzene rings is 2. The smallest absolute Gasteiger partial charge is 0.258 e. The van der Waals surface area contributed by atoms with Crippen LogP contribution in [0, 0.1) is 0 Å². The van der Waals surface area contributed by atoms with Crippen LogP contribution in [0.15, 0.2) is 48.5 Å². The molecule has 0 aromatic heterocycles. The molecule has 0 spiro atoms. The minimum Gasteiger partial charge on any atom is -0.493 e. The van der Waals surface area contributed by atoms with E-state index in [9.17, 15) is 4.79 Å². The lowest BCUT2D eigenvalue weighted by Crippen LogP contribution is -2.31. The normalized spacial score (nSPS) is 12.4. The Kier molecular flexibility index (Phi) is 6.07. The number of para-hydroxylation sites is 2. The average Bonchev–Trinajstić information content (AvgIpc) is 2.59. The highest BCUT2D eigenvalue weighted by Gasteiger charge is 2.15. The van der Waals surface area contributed by atoms with E-state index in [1.165, 1.54) is 5.56 Å². The molecule has 1 amide bonds. The lowest BCUT2D eigenvalue weighted by Gasteiger charge is -2.21. The Morgan fingerprint density at radius 1 is 1.04 bits per heavy atom. The van der Waals surface area contributed by atoms with Gasteiger partial charge in [0, 0.05) is 0 Å². The number of nitrogens with one attached hydrogen (secondary N) is 1. The molecule has 1 N–H and O–H groups in total. The van der Waals surface area contributed by atoms with Gasteiger partial charge in [-0.25, -0.2) is 0 Å². The Hall–Kier alpha value is -2.49. The standard InChI is InChI=1S/C21H27NO3/c1-15(16-10-12-17(13-11-16)21(2,3)4)22-20(23)14-25-19-9-7-6-8-18(19)24-5/h6-13,15H,14H2,1-5H3,(H,22,23)/t15-/m0/s1. The van der Waals surface area contributed by atoms with Crippen LogP contribution >= 0.6 is 0 Å². The van der Waals surface area contributed by atoms with Crippen molar-refractivity contribution in [1.82, 2.24) is 5.32 Å². The highest BCUT2D eigenvalue weighted by molar-refractivity contribution is 5.78. The largest absolute Gasteiger partial charge is 0.493 e. The molecule has 0 bridgehead atoms. The van der Waals surface area contributed by atoms with Crippen LogP contribution in [0.4, 0.5) is 0 Å². The van der Waals surface area contributed by atoms with Gasteiger partial charge in [0.1, 0.15) is 0 Å². The van der Waals surface area contributed by atoms with Crippen molar-refractivity contribution >= 4 is 5.91 Å². The zero-order chi connectivity index (χ0) is 18.4. The number of carbonyl (C=O) groups excluding carboxylic acids is 1. The van der Waals surface area contributed by atoms with E-state index in [2.05, 4.69) is 50.4 Å². The lowest BCUT2D eigenvalue weighted by molar-refractivity contribution is -0.123. The Bertz CT molecular complexity index is 702. The Morgan fingerprint density at radius 2 is 1.64 bits per heavy atom. The molecule has 0 radical (unpaired) electrons. The van der Waals surface area contributed by atoms with Crippen molar-refractivity contribution < 1.29 is 14.3 Å². The summed E-state index contributed by atoms with van der Waals surface area (Å²) < 4.78 is 10.8. The number of hydrogen-bond donors (Lipinski definition) is 1. The first-order valence-corrected chi connectivity index (χ1v) is 8.47. The van der Waals surface area contributed by atoms with Gasteiger partial charge in [-0.05, 0) is 35.6 Å². The number of methoxy groups -OCH3 is 1. The molecule has 0 heterocycles. The first-order chi connectivity index (χ1) is 11.8. The van der Waals surface area contributed by atoms with E-state index in [0.717, 1.165) is 5.56 Å². The summed E-state index contributed by atoms with van der Waals surface area (Å²) >= 11 is 0. The van der Waals surface area contributed by atoms with Crippen molar-refractivity contribution in [3.8, 4) is 11.5 Å². The van der Waals surface area contributed by atoms with Gasteiger partial charge >= 0.3 is 0 Å². The van der Waals surface area contributed by atoms with Crippen molar-refractivity contribution in [1.29, 1.82) is 0 Å². The highest BCUT2D eigenvalue weighted by Crippen LogP contribution is 2.26. The molecule has 1 atom stereocenters. The van der Waals surface area contributed by atoms with E-state index in [1.807, 2.05) is 19.1 Å². The summed E-state index contributed by atoms with van der Waals surface area (Å²) in [5.74, 6) is 1.00. The van der Waals surface area contributed by atoms with E-state index in [0.29, 0.717) is 11.5 Å². The SMILES string of the molecule is COc1ccccc1OCC(=O)N[C@@H](C)c1ccc(C(C)(C)C)cc1. The highest BCUT2D eigenvalue weighted by atomic mass is 16.5. The molecule has 0 saturated heterocycles. The van der Waals surface area contributed by atoms with Gasteiger partial charge in [0.2, 0.25) is 0 Å². The number of hydrogen-bond acceptors (Lipinski definition) is 3. The van der Waals surface area contributed by atoms with E-state index in [4.69, 9.17) is 9.47 Å². The van der Waals surface area contributed by atoms with Crippen molar-refractivity contribution in [2.75, 3.05) is 13.7 Å². The molecule has 0 fully saturated rings. The summed E-state index contributed by atoms with van der Waals surface area (Å²) in [5.41, 5.74) is 2.46. The monoisotopic (exact) mass is 341 g/mol. The predicted molar refractivity (Wildman–Crippen MR) is 100 cm³/mol. The maximum Gasteiger partial charge on any atom is 0.258 e. The van der Waals surface area contributed by atoms with Crippen LogP contribution in [0.25, 0.3) is 0 Å². The van der Waals surface area contributed by atoms with Crippen LogP contribution in [-0.2, 0) is 10.2 Å². The molecular weight excluding hydrogens is 314 g/mol. The third-order valence-electron chi connectivity index (χ3n) is 4.08. The van der Waals surface area contributed by atoms with Gasteiger partial charge in [0.25, 0.3) is 5.91 Å². The third kappa shape index (κ3) is 5.24. The topological polar surface area (TPSA) is 47.6 Å². The summed E-state index contributed by atoms with van der Waals surface area (Å²) in [6.07, 6.45) is 0. The zero-order valence-corrected chi connectivity index (χ0v) is 15.6. The molecule has 0 aliphatic heterocycles. The maximum absolute atomic E-state index is 12.1. The van der Waals surface area contributed by atoms with Crippen LogP contribution in [0.5, 0.6) is 11.5 Å². The molecule has 25 heavy (non-hydrogen) atoms. The zero-order valence-electron chi connectivity index (χ0n) is 15.6. The predicted octanol–water partition coefficient (Wildman–Crippen LogP) is 4.25. The number of carbonyl (C=O) groups is 1. The number of amides is 1. The first-order valence-electron chi connectivity index (χ1n) is 8.47. The molecule has 2 aromatic rings. The molecule has 4 nitrogen and oxygen atoms in total. The fourth-order valence-corrected chi connectivity index (χ4v) is 2.52. The van der Waals surface area contributed by atoms with Crippen LogP contribution in [0.2, 0.25) is 0 Å². The van der Waals surface area contributed by atoms with E-state index in [1.54, 1.807) is 19.2 Å². The molecule has 2 aromatic carbocycles. The summed E-state index contributed by atoms with van der Waals surface area (Å²) in [4.78, 5) is 12.1. The van der Waals surface area contributed by atoms with Crippen LogP contribution < -0.4 is 14.8 Å². The van der Waals surface area contributed by atoms with Gasteiger partial charge in [0.15, 0.2) is 18.1 Å². The number of rotatable bonds is 6. The minimum atomic E-state index is -0.168. The molecule has 0 aliphatic rings. The summed E-state index contributed by atoms with van der Waals surface area (Å²) in [7, 11) is 1.57. The van der Waals surface area contributed by atoms with Crippen LogP contribution in [-0.4, -0.2) is 19.6 Å². The summed E-state index contributed by atoms with van der Waals surface area (Å²) in [6, 6.07) is 15.5. The fourth-order valence-electron chi connectivity index (χ4n) is 2.52. The third-order valence-corrected chi connectivity index (χ3v) is 4.08. The quantitative estimate of drug-likeness (QED) is 0.854. The van der Waals surface area contributed by atoms with Crippen molar-refractivity contribution in [2.24, 2.45) is 0 Å². The molecule has 2 rings (SSSR count). The Balaban J connectivity index is 1.91. The molecule has 0 unspecified atom stereocenters. The molecule has 0 saturated carbocycles. The van der Waals surface area contributed by atoms with Gasteiger partial charge in [-0.15, -0.1) is 0 Å². The molecule has 4 heteroatoms. The second-order valence-corrected chi connectivity index (χ2v) is 7.10. The Labute approximate surface area is 150 Å². The van der Waals surface area contributed by atoms with Gasteiger partial charge < -0.3 is 14.8 Å². The van der Waals surface area contributed by atoms with E-state index in [-0.39, 0.29) is 24.0 Å². The fraction of sp³-hybridized carbons (Fsp3) is 0.381. The van der Waals surface area contributed by atoms with Crippen molar-refractivity contribution in [2.45, 2.75) is 39.2 Å². The minimum absolute atomic E-state index is 0.0508. The van der Waals surface area contributed by atoms with Gasteiger partial charge in [-0.2, -0.15) is 0 Å². The van der Waals surface area contributed by atoms with Gasteiger partial charge in [0.05, 0.1) is 13.2 Å².